The van der Waals surface area contributed by atoms with Crippen LogP contribution < -0.4 is 0 Å². The van der Waals surface area contributed by atoms with Crippen LogP contribution in [0.1, 0.15) is 0 Å². The van der Waals surface area contributed by atoms with Crippen LogP contribution in [-0.4, -0.2) is 28.5 Å². The Labute approximate surface area is 60.4 Å². The quantitative estimate of drug-likeness (QED) is 0.356. The Morgan fingerprint density at radius 1 is 1.00 bits per heavy atom. The second-order valence-electron chi connectivity index (χ2n) is 0.448. The fraction of sp³-hybridized carbons (Fsp3) is 0. The van der Waals surface area contributed by atoms with E-state index in [0.29, 0.717) is 0 Å². The Kier molecular flexibility index (Phi) is 22.1. The molecule has 6 N–H and O–H groups in total. The van der Waals surface area contributed by atoms with Crippen LogP contribution in [0.15, 0.2) is 0 Å². The Morgan fingerprint density at radius 2 is 1.00 bits per heavy atom. The summed E-state index contributed by atoms with van der Waals surface area (Å²) in [5, 5.41) is 0. The summed E-state index contributed by atoms with van der Waals surface area (Å²) in [6, 6.07) is 0. The first-order valence-corrected chi connectivity index (χ1v) is 2.10. The van der Waals surface area contributed by atoms with Crippen LogP contribution in [0.5, 0.6) is 0 Å². The summed E-state index contributed by atoms with van der Waals surface area (Å²) in [6.45, 7) is 0. The van der Waals surface area contributed by atoms with Crippen molar-refractivity contribution in [2.24, 2.45) is 0 Å². The molecule has 0 aliphatic heterocycles. The van der Waals surface area contributed by atoms with Crippen molar-refractivity contribution in [3.05, 3.63) is 0 Å². The van der Waals surface area contributed by atoms with Gasteiger partial charge in [-0.2, -0.15) is 8.42 Å². The third kappa shape index (κ3) is 850. The summed E-state index contributed by atoms with van der Waals surface area (Å²) >= 11 is 0. The van der Waals surface area contributed by atoms with Gasteiger partial charge >= 0.3 is 10.4 Å². The maximum absolute atomic E-state index is 8.74. The van der Waals surface area contributed by atoms with Crippen molar-refractivity contribution < 1.29 is 49.5 Å². The van der Waals surface area contributed by atoms with Gasteiger partial charge in [-0.15, -0.1) is 0 Å². The van der Waals surface area contributed by atoms with E-state index in [1.165, 1.54) is 0 Å². The van der Waals surface area contributed by atoms with Crippen LogP contribution in [0.2, 0.25) is 0 Å². The molecule has 0 radical (unpaired) electrons. The van der Waals surface area contributed by atoms with Crippen molar-refractivity contribution in [3.63, 3.8) is 0 Å². The zero-order valence-electron chi connectivity index (χ0n) is 3.53. The van der Waals surface area contributed by atoms with Crippen molar-refractivity contribution in [2.45, 2.75) is 0 Å². The second-order valence-corrected chi connectivity index (χ2v) is 1.34. The molecule has 0 atom stereocenters. The summed E-state index contributed by atoms with van der Waals surface area (Å²) in [4.78, 5) is 0. The molecule has 0 aliphatic carbocycles. The smallest absolute Gasteiger partial charge is 0.394 e. The molecule has 0 aliphatic rings. The van der Waals surface area contributed by atoms with Gasteiger partial charge in [0.15, 0.2) is 0 Å². The molecule has 0 saturated carbocycles. The molecule has 0 rings (SSSR count). The van der Waals surface area contributed by atoms with E-state index in [1.54, 1.807) is 0 Å². The molecule has 0 amide bonds. The van der Waals surface area contributed by atoms with E-state index in [-0.39, 0.29) is 32.0 Å². The number of rotatable bonds is 0. The van der Waals surface area contributed by atoms with Gasteiger partial charge in [-0.1, -0.05) is 0 Å². The fourth-order valence-electron chi connectivity index (χ4n) is 0. The van der Waals surface area contributed by atoms with Crippen LogP contribution >= 0.6 is 0 Å². The van der Waals surface area contributed by atoms with Crippen molar-refractivity contribution in [1.29, 1.82) is 0 Å². The monoisotopic (exact) mass is 232 g/mol. The van der Waals surface area contributed by atoms with E-state index in [2.05, 4.69) is 0 Å². The van der Waals surface area contributed by atoms with Crippen molar-refractivity contribution in [3.8, 4) is 0 Å². The van der Waals surface area contributed by atoms with Crippen LogP contribution in [0.3, 0.4) is 0 Å². The van der Waals surface area contributed by atoms with Gasteiger partial charge in [0, 0.05) is 21.1 Å². The topological polar surface area (TPSA) is 138 Å². The Hall–Kier alpha value is 0.478. The van der Waals surface area contributed by atoms with Crippen LogP contribution in [0, 0.1) is 0 Å². The predicted molar refractivity (Wildman–Crippen MR) is 21.4 cm³/mol. The summed E-state index contributed by atoms with van der Waals surface area (Å²) in [6.07, 6.45) is 0. The molecule has 0 fully saturated rings. The zero-order valence-corrected chi connectivity index (χ0v) is 6.35. The van der Waals surface area contributed by atoms with Crippen molar-refractivity contribution in [1.82, 2.24) is 0 Å². The standard InChI is InChI=1S/Mo.H2O4S.2H2O/c;1-5(2,3)4;;/h;(H2,1,2,3,4);2*1H2. The molecule has 8 heavy (non-hydrogen) atoms. The number of hydrogen-bond acceptors (Lipinski definition) is 2. The third-order valence-corrected chi connectivity index (χ3v) is 0. The molecule has 0 bridgehead atoms. The van der Waals surface area contributed by atoms with Crippen LogP contribution in [-0.2, 0) is 31.5 Å². The Balaban J connectivity index is -0.0000000267. The van der Waals surface area contributed by atoms with E-state index in [0.717, 1.165) is 0 Å². The van der Waals surface area contributed by atoms with Gasteiger partial charge in [0.25, 0.3) is 0 Å². The van der Waals surface area contributed by atoms with Crippen LogP contribution in [0.4, 0.5) is 0 Å². The van der Waals surface area contributed by atoms with Crippen molar-refractivity contribution in [2.75, 3.05) is 0 Å². The average molecular weight is 230 g/mol. The molecule has 0 aromatic rings. The maximum atomic E-state index is 8.74. The first kappa shape index (κ1) is 23.6. The van der Waals surface area contributed by atoms with Gasteiger partial charge in [0.2, 0.25) is 0 Å². The fourth-order valence-corrected chi connectivity index (χ4v) is 0. The minimum Gasteiger partial charge on any atom is -0.412 e. The first-order valence-electron chi connectivity index (χ1n) is 0.698. The normalized spacial score (nSPS) is 7.25. The van der Waals surface area contributed by atoms with Crippen molar-refractivity contribution >= 4 is 10.4 Å². The van der Waals surface area contributed by atoms with Crippen LogP contribution in [0.25, 0.3) is 0 Å². The molecule has 0 aromatic carbocycles. The Morgan fingerprint density at radius 3 is 1.00 bits per heavy atom. The van der Waals surface area contributed by atoms with Gasteiger partial charge in [0.05, 0.1) is 0 Å². The van der Waals surface area contributed by atoms with E-state index in [1.807, 2.05) is 0 Å². The zero-order chi connectivity index (χ0) is 4.50. The SMILES string of the molecule is O.O.O=S(=O)(O)O.[Mo]. The molecular weight excluding hydrogens is 224 g/mol. The molecule has 0 spiro atoms. The summed E-state index contributed by atoms with van der Waals surface area (Å²) in [5.41, 5.74) is 0. The van der Waals surface area contributed by atoms with Gasteiger partial charge < -0.3 is 11.0 Å². The Bertz CT molecular complexity index is 91.7. The van der Waals surface area contributed by atoms with Gasteiger partial charge in [0.1, 0.15) is 0 Å². The predicted octanol–water partition coefficient (Wildman–Crippen LogP) is -2.30. The molecular formula is H6MoO6S. The molecule has 8 heteroatoms. The minimum absolute atomic E-state index is 0. The summed E-state index contributed by atoms with van der Waals surface area (Å²) in [5.74, 6) is 0. The number of hydrogen-bond donors (Lipinski definition) is 2. The van der Waals surface area contributed by atoms with E-state index in [4.69, 9.17) is 17.5 Å². The third-order valence-electron chi connectivity index (χ3n) is 0. The molecule has 6 nitrogen and oxygen atoms in total. The van der Waals surface area contributed by atoms with E-state index >= 15 is 0 Å². The molecule has 0 unspecified atom stereocenters. The molecule has 0 saturated heterocycles. The van der Waals surface area contributed by atoms with E-state index < -0.39 is 10.4 Å². The summed E-state index contributed by atoms with van der Waals surface area (Å²) < 4.78 is 31.6. The minimum atomic E-state index is -4.67. The molecule has 0 heterocycles. The molecule has 0 aromatic heterocycles. The van der Waals surface area contributed by atoms with Gasteiger partial charge in [-0.3, -0.25) is 9.11 Å². The summed E-state index contributed by atoms with van der Waals surface area (Å²) in [7, 11) is -4.67. The molecule has 54 valence electrons. The average Bonchev–Trinajstić information content (AvgIpc) is 0.722. The van der Waals surface area contributed by atoms with Gasteiger partial charge in [-0.25, -0.2) is 0 Å². The first-order chi connectivity index (χ1) is 2.00. The second kappa shape index (κ2) is 7.48. The maximum Gasteiger partial charge on any atom is 0.394 e. The van der Waals surface area contributed by atoms with Gasteiger partial charge in [-0.05, 0) is 0 Å². The van der Waals surface area contributed by atoms with E-state index in [9.17, 15) is 0 Å². The largest absolute Gasteiger partial charge is 0.412 e.